The molecule has 0 amide bonds. The number of aromatic nitrogens is 2. The number of benzene rings is 5. The number of nitriles is 2. The number of rotatable bonds is 6. The SMILES string of the molecule is C=CC1=C(C=C)N(c2ccc(-c3ccc(Cc4ccc5c6c(cccc46)-c4nc(C#N)c(C#N)nc4-5)cc3)cc2)c2ccccc2O1. The normalized spacial score (nSPS) is 12.5. The van der Waals surface area contributed by atoms with E-state index in [1.807, 2.05) is 48.5 Å². The molecule has 2 heterocycles. The van der Waals surface area contributed by atoms with Crippen LogP contribution in [0.4, 0.5) is 11.4 Å². The lowest BCUT2D eigenvalue weighted by atomic mass is 9.94. The Kier molecular flexibility index (Phi) is 6.50. The van der Waals surface area contributed by atoms with Gasteiger partial charge in [-0.15, -0.1) is 0 Å². The number of hydrogen-bond donors (Lipinski definition) is 0. The average Bonchev–Trinajstić information content (AvgIpc) is 3.45. The van der Waals surface area contributed by atoms with Crippen molar-refractivity contribution in [3.8, 4) is 51.5 Å². The van der Waals surface area contributed by atoms with Crippen molar-refractivity contribution in [1.29, 1.82) is 10.5 Å². The van der Waals surface area contributed by atoms with E-state index in [0.29, 0.717) is 17.1 Å². The number of ether oxygens (including phenoxy) is 1. The number of fused-ring (bicyclic) bond motifs is 4. The van der Waals surface area contributed by atoms with Gasteiger partial charge < -0.3 is 9.64 Å². The fourth-order valence-corrected chi connectivity index (χ4v) is 6.58. The van der Waals surface area contributed by atoms with Gasteiger partial charge in [-0.1, -0.05) is 92.0 Å². The maximum absolute atomic E-state index is 9.51. The predicted octanol–water partition coefficient (Wildman–Crippen LogP) is 9.39. The van der Waals surface area contributed by atoms with Gasteiger partial charge in [0, 0.05) is 22.2 Å². The van der Waals surface area contributed by atoms with Crippen LogP contribution in [0, 0.1) is 22.7 Å². The van der Waals surface area contributed by atoms with Crippen molar-refractivity contribution in [2.24, 2.45) is 0 Å². The van der Waals surface area contributed by atoms with Crippen LogP contribution in [0.3, 0.4) is 0 Å². The molecule has 1 aromatic heterocycles. The van der Waals surface area contributed by atoms with Crippen LogP contribution in [0.2, 0.25) is 0 Å². The highest BCUT2D eigenvalue weighted by Gasteiger charge is 2.28. The zero-order valence-corrected chi connectivity index (χ0v) is 25.2. The van der Waals surface area contributed by atoms with Crippen molar-refractivity contribution in [3.63, 3.8) is 0 Å². The van der Waals surface area contributed by atoms with Crippen LogP contribution in [0.25, 0.3) is 44.4 Å². The zero-order valence-electron chi connectivity index (χ0n) is 25.2. The Labute approximate surface area is 272 Å². The first-order valence-electron chi connectivity index (χ1n) is 15.1. The standard InChI is InChI=1S/C41H25N5O/c1-3-35-37(4-2)47-38-11-6-5-10-36(38)46(35)29-19-16-27(17-20-29)26-14-12-25(13-15-26)22-28-18-21-32-39-30(28)8-7-9-31(39)40-41(32)45-34(24-43)33(23-42)44-40/h3-21H,1-2,22H2. The highest BCUT2D eigenvalue weighted by molar-refractivity contribution is 6.14. The monoisotopic (exact) mass is 603 g/mol. The summed E-state index contributed by atoms with van der Waals surface area (Å²) in [5.74, 6) is 1.44. The summed E-state index contributed by atoms with van der Waals surface area (Å²) in [6.45, 7) is 7.97. The predicted molar refractivity (Wildman–Crippen MR) is 185 cm³/mol. The first kappa shape index (κ1) is 27.8. The largest absolute Gasteiger partial charge is 0.453 e. The molecule has 47 heavy (non-hydrogen) atoms. The third-order valence-corrected chi connectivity index (χ3v) is 8.75. The van der Waals surface area contributed by atoms with Crippen molar-refractivity contribution >= 4 is 22.1 Å². The molecule has 1 aliphatic carbocycles. The molecule has 6 heteroatoms. The van der Waals surface area contributed by atoms with Crippen molar-refractivity contribution in [1.82, 2.24) is 9.97 Å². The second kappa shape index (κ2) is 11.0. The number of nitrogens with zero attached hydrogens (tertiary/aromatic N) is 5. The Hall–Kier alpha value is -6.76. The molecule has 8 rings (SSSR count). The minimum absolute atomic E-state index is 0.0534. The molecule has 0 fully saturated rings. The lowest BCUT2D eigenvalue weighted by molar-refractivity contribution is 0.431. The summed E-state index contributed by atoms with van der Waals surface area (Å²) in [5.41, 5.74) is 10.7. The molecule has 0 unspecified atom stereocenters. The van der Waals surface area contributed by atoms with Crippen molar-refractivity contribution in [2.45, 2.75) is 6.42 Å². The Bertz CT molecular complexity index is 2360. The summed E-state index contributed by atoms with van der Waals surface area (Å²) in [4.78, 5) is 11.2. The lowest BCUT2D eigenvalue weighted by Gasteiger charge is -2.33. The molecule has 0 atom stereocenters. The van der Waals surface area contributed by atoms with Crippen LogP contribution in [0.15, 0.2) is 140 Å². The first-order chi connectivity index (χ1) is 23.1. The van der Waals surface area contributed by atoms with Gasteiger partial charge in [0.1, 0.15) is 12.1 Å². The van der Waals surface area contributed by atoms with Crippen LogP contribution < -0.4 is 9.64 Å². The van der Waals surface area contributed by atoms with Gasteiger partial charge in [-0.3, -0.25) is 0 Å². The second-order valence-electron chi connectivity index (χ2n) is 11.3. The summed E-state index contributed by atoms with van der Waals surface area (Å²) in [6, 6.07) is 39.5. The first-order valence-corrected chi connectivity index (χ1v) is 15.1. The Morgan fingerprint density at radius 1 is 0.702 bits per heavy atom. The van der Waals surface area contributed by atoms with E-state index >= 15 is 0 Å². The third kappa shape index (κ3) is 4.40. The quantitative estimate of drug-likeness (QED) is 0.188. The van der Waals surface area contributed by atoms with Gasteiger partial charge in [0.2, 0.25) is 0 Å². The van der Waals surface area contributed by atoms with Crippen LogP contribution in [-0.2, 0) is 6.42 Å². The van der Waals surface area contributed by atoms with E-state index in [2.05, 4.69) is 94.8 Å². The van der Waals surface area contributed by atoms with E-state index < -0.39 is 0 Å². The summed E-state index contributed by atoms with van der Waals surface area (Å²) in [7, 11) is 0. The number of para-hydroxylation sites is 2. The second-order valence-corrected chi connectivity index (χ2v) is 11.3. The van der Waals surface area contributed by atoms with E-state index in [1.54, 1.807) is 12.2 Å². The highest BCUT2D eigenvalue weighted by Crippen LogP contribution is 2.47. The van der Waals surface area contributed by atoms with E-state index in [4.69, 9.17) is 4.74 Å². The minimum Gasteiger partial charge on any atom is -0.453 e. The third-order valence-electron chi connectivity index (χ3n) is 8.75. The molecule has 1 aliphatic heterocycles. The van der Waals surface area contributed by atoms with Crippen LogP contribution in [-0.4, -0.2) is 9.97 Å². The van der Waals surface area contributed by atoms with Gasteiger partial charge in [-0.2, -0.15) is 10.5 Å². The molecule has 5 aromatic carbocycles. The molecule has 6 aromatic rings. The molecular formula is C41H25N5O. The van der Waals surface area contributed by atoms with Gasteiger partial charge in [0.25, 0.3) is 0 Å². The summed E-state index contributed by atoms with van der Waals surface area (Å²) < 4.78 is 6.08. The molecule has 0 saturated carbocycles. The van der Waals surface area contributed by atoms with Gasteiger partial charge in [0.05, 0.1) is 22.8 Å². The van der Waals surface area contributed by atoms with Gasteiger partial charge in [-0.05, 0) is 70.5 Å². The fraction of sp³-hybridized carbons (Fsp3) is 0.0244. The van der Waals surface area contributed by atoms with Gasteiger partial charge in [0.15, 0.2) is 22.9 Å². The maximum Gasteiger partial charge on any atom is 0.177 e. The van der Waals surface area contributed by atoms with Crippen molar-refractivity contribution < 1.29 is 4.74 Å². The topological polar surface area (TPSA) is 85.8 Å². The maximum atomic E-state index is 9.51. The van der Waals surface area contributed by atoms with Gasteiger partial charge in [-0.25, -0.2) is 9.97 Å². The molecular weight excluding hydrogens is 578 g/mol. The Morgan fingerprint density at radius 3 is 2.02 bits per heavy atom. The summed E-state index contributed by atoms with van der Waals surface area (Å²) >= 11 is 0. The smallest absolute Gasteiger partial charge is 0.177 e. The molecule has 2 aliphatic rings. The number of hydrogen-bond acceptors (Lipinski definition) is 6. The summed E-state index contributed by atoms with van der Waals surface area (Å²) in [6.07, 6.45) is 4.26. The molecule has 0 N–H and O–H groups in total. The molecule has 0 radical (unpaired) electrons. The van der Waals surface area contributed by atoms with Gasteiger partial charge >= 0.3 is 0 Å². The lowest BCUT2D eigenvalue weighted by Crippen LogP contribution is -2.22. The molecule has 0 spiro atoms. The Morgan fingerprint density at radius 2 is 1.36 bits per heavy atom. The number of anilines is 2. The average molecular weight is 604 g/mol. The van der Waals surface area contributed by atoms with E-state index in [-0.39, 0.29) is 11.4 Å². The van der Waals surface area contributed by atoms with E-state index in [0.717, 1.165) is 62.3 Å². The van der Waals surface area contributed by atoms with E-state index in [1.165, 1.54) is 11.1 Å². The van der Waals surface area contributed by atoms with Crippen molar-refractivity contribution in [3.05, 3.63) is 162 Å². The molecule has 0 bridgehead atoms. The number of allylic oxidation sites excluding steroid dienone is 2. The van der Waals surface area contributed by atoms with E-state index in [9.17, 15) is 10.5 Å². The van der Waals surface area contributed by atoms with Crippen LogP contribution in [0.1, 0.15) is 22.5 Å². The van der Waals surface area contributed by atoms with Crippen molar-refractivity contribution in [2.75, 3.05) is 4.90 Å². The Balaban J connectivity index is 1.08. The van der Waals surface area contributed by atoms with Crippen LogP contribution >= 0.6 is 0 Å². The molecule has 6 nitrogen and oxygen atoms in total. The van der Waals surface area contributed by atoms with Crippen LogP contribution in [0.5, 0.6) is 5.75 Å². The molecule has 0 saturated heterocycles. The minimum atomic E-state index is 0.0534. The summed E-state index contributed by atoms with van der Waals surface area (Å²) in [5, 5.41) is 21.2. The zero-order chi connectivity index (χ0) is 32.1. The molecule has 220 valence electrons. The fourth-order valence-electron chi connectivity index (χ4n) is 6.58. The highest BCUT2D eigenvalue weighted by atomic mass is 16.5.